The van der Waals surface area contributed by atoms with Crippen LogP contribution in [0.5, 0.6) is 11.5 Å². The molecule has 0 amide bonds. The van der Waals surface area contributed by atoms with E-state index >= 15 is 0 Å². The van der Waals surface area contributed by atoms with Crippen LogP contribution >= 0.6 is 24.0 Å². The summed E-state index contributed by atoms with van der Waals surface area (Å²) in [6.07, 6.45) is 0.894. The van der Waals surface area contributed by atoms with Gasteiger partial charge in [-0.3, -0.25) is 4.99 Å². The van der Waals surface area contributed by atoms with Crippen molar-refractivity contribution in [3.05, 3.63) is 23.8 Å². The molecule has 0 spiro atoms. The number of hydrogen-bond donors (Lipinski definition) is 2. The molecule has 0 radical (unpaired) electrons. The number of aliphatic imine (C=N–C) groups is 1. The Labute approximate surface area is 167 Å². The van der Waals surface area contributed by atoms with Gasteiger partial charge in [-0.1, -0.05) is 6.07 Å². The maximum absolute atomic E-state index is 5.40. The monoisotopic (exact) mass is 464 g/mol. The van der Waals surface area contributed by atoms with E-state index in [-0.39, 0.29) is 24.0 Å². The summed E-state index contributed by atoms with van der Waals surface area (Å²) in [7, 11) is 5.58. The smallest absolute Gasteiger partial charge is 0.231 e. The van der Waals surface area contributed by atoms with Gasteiger partial charge in [-0.15, -0.1) is 24.0 Å². The van der Waals surface area contributed by atoms with Gasteiger partial charge in [-0.25, -0.2) is 0 Å². The van der Waals surface area contributed by atoms with Crippen LogP contribution in [0.4, 0.5) is 0 Å². The summed E-state index contributed by atoms with van der Waals surface area (Å²) in [5, 5.41) is 6.64. The average molecular weight is 464 g/mol. The third kappa shape index (κ3) is 7.66. The fraction of sp³-hybridized carbons (Fsp3) is 0.588. The first-order chi connectivity index (χ1) is 11.7. The van der Waals surface area contributed by atoms with Crippen molar-refractivity contribution in [3.8, 4) is 11.5 Å². The Balaban J connectivity index is 0.00000312. The first-order valence-electron chi connectivity index (χ1n) is 8.23. The fourth-order valence-electron chi connectivity index (χ4n) is 2.37. The van der Waals surface area contributed by atoms with Gasteiger partial charge in [-0.2, -0.15) is 0 Å². The number of rotatable bonds is 9. The van der Waals surface area contributed by atoms with E-state index in [2.05, 4.69) is 33.6 Å². The standard InChI is InChI=1S/C17H28N4O3.HI/c1-18-17(20-8-9-21(2)10-11-22-3)19-7-6-14-4-5-15-16(12-14)24-13-23-15;/h4-5,12H,6-11,13H2,1-3H3,(H2,18,19,20);1H. The maximum Gasteiger partial charge on any atom is 0.231 e. The Kier molecular flexibility index (Phi) is 10.6. The lowest BCUT2D eigenvalue weighted by Crippen LogP contribution is -2.42. The Morgan fingerprint density at radius 1 is 1.20 bits per heavy atom. The van der Waals surface area contributed by atoms with Crippen molar-refractivity contribution in [2.45, 2.75) is 6.42 Å². The number of methoxy groups -OCH3 is 1. The second-order valence-electron chi connectivity index (χ2n) is 5.66. The number of guanidine groups is 1. The normalized spacial score (nSPS) is 12.9. The van der Waals surface area contributed by atoms with Gasteiger partial charge >= 0.3 is 0 Å². The number of halogens is 1. The van der Waals surface area contributed by atoms with Crippen molar-refractivity contribution in [1.82, 2.24) is 15.5 Å². The van der Waals surface area contributed by atoms with E-state index in [0.29, 0.717) is 6.79 Å². The second-order valence-corrected chi connectivity index (χ2v) is 5.66. The minimum Gasteiger partial charge on any atom is -0.454 e. The van der Waals surface area contributed by atoms with E-state index in [0.717, 1.165) is 56.7 Å². The molecular weight excluding hydrogens is 435 g/mol. The topological polar surface area (TPSA) is 67.4 Å². The highest BCUT2D eigenvalue weighted by Crippen LogP contribution is 2.32. The number of nitrogens with one attached hydrogen (secondary N) is 2. The SMILES string of the molecule is CN=C(NCCc1ccc2c(c1)OCO2)NCCN(C)CCOC.I. The van der Waals surface area contributed by atoms with Crippen molar-refractivity contribution < 1.29 is 14.2 Å². The van der Waals surface area contributed by atoms with Crippen molar-refractivity contribution >= 4 is 29.9 Å². The van der Waals surface area contributed by atoms with E-state index in [4.69, 9.17) is 14.2 Å². The molecule has 25 heavy (non-hydrogen) atoms. The van der Waals surface area contributed by atoms with Crippen LogP contribution in [-0.2, 0) is 11.2 Å². The highest BCUT2D eigenvalue weighted by Gasteiger charge is 2.12. The molecule has 0 aliphatic carbocycles. The number of likely N-dealkylation sites (N-methyl/N-ethyl adjacent to an activating group) is 1. The molecule has 0 fully saturated rings. The van der Waals surface area contributed by atoms with Crippen LogP contribution < -0.4 is 20.1 Å². The van der Waals surface area contributed by atoms with Crippen LogP contribution in [0.2, 0.25) is 0 Å². The number of benzene rings is 1. The second kappa shape index (κ2) is 12.2. The molecule has 7 nitrogen and oxygen atoms in total. The number of fused-ring (bicyclic) bond motifs is 1. The van der Waals surface area contributed by atoms with E-state index in [9.17, 15) is 0 Å². The highest BCUT2D eigenvalue weighted by molar-refractivity contribution is 14.0. The zero-order chi connectivity index (χ0) is 17.2. The third-order valence-electron chi connectivity index (χ3n) is 3.83. The molecule has 1 heterocycles. The van der Waals surface area contributed by atoms with Gasteiger partial charge in [0.2, 0.25) is 6.79 Å². The molecule has 1 aliphatic heterocycles. The van der Waals surface area contributed by atoms with Crippen LogP contribution in [0.15, 0.2) is 23.2 Å². The molecule has 0 aromatic heterocycles. The molecule has 2 rings (SSSR count). The van der Waals surface area contributed by atoms with Gasteiger partial charge in [0.25, 0.3) is 0 Å². The largest absolute Gasteiger partial charge is 0.454 e. The van der Waals surface area contributed by atoms with Gasteiger partial charge in [0.1, 0.15) is 0 Å². The highest BCUT2D eigenvalue weighted by atomic mass is 127. The Morgan fingerprint density at radius 2 is 1.96 bits per heavy atom. The maximum atomic E-state index is 5.40. The molecular formula is C17H29IN4O3. The summed E-state index contributed by atoms with van der Waals surface area (Å²) in [6, 6.07) is 6.06. The minimum absolute atomic E-state index is 0. The molecule has 0 saturated carbocycles. The van der Waals surface area contributed by atoms with Gasteiger partial charge in [0, 0.05) is 40.3 Å². The van der Waals surface area contributed by atoms with Crippen LogP contribution in [0.3, 0.4) is 0 Å². The molecule has 2 N–H and O–H groups in total. The Hall–Kier alpha value is -1.26. The molecule has 1 aromatic carbocycles. The summed E-state index contributed by atoms with van der Waals surface area (Å²) >= 11 is 0. The molecule has 0 unspecified atom stereocenters. The van der Waals surface area contributed by atoms with E-state index in [1.807, 2.05) is 12.1 Å². The van der Waals surface area contributed by atoms with Crippen molar-refractivity contribution in [2.24, 2.45) is 4.99 Å². The summed E-state index contributed by atoms with van der Waals surface area (Å²) in [4.78, 5) is 6.46. The lowest BCUT2D eigenvalue weighted by molar-refractivity contribution is 0.162. The Bertz CT molecular complexity index is 543. The number of hydrogen-bond acceptors (Lipinski definition) is 5. The minimum atomic E-state index is 0. The number of nitrogens with zero attached hydrogens (tertiary/aromatic N) is 2. The zero-order valence-corrected chi connectivity index (χ0v) is 17.5. The van der Waals surface area contributed by atoms with Crippen molar-refractivity contribution in [1.29, 1.82) is 0 Å². The van der Waals surface area contributed by atoms with E-state index < -0.39 is 0 Å². The predicted molar refractivity (Wildman–Crippen MR) is 110 cm³/mol. The van der Waals surface area contributed by atoms with Crippen LogP contribution in [0.1, 0.15) is 5.56 Å². The average Bonchev–Trinajstić information content (AvgIpc) is 3.06. The van der Waals surface area contributed by atoms with Crippen LogP contribution in [0.25, 0.3) is 0 Å². The molecule has 0 atom stereocenters. The summed E-state index contributed by atoms with van der Waals surface area (Å²) in [6.45, 7) is 4.56. The number of ether oxygens (including phenoxy) is 3. The molecule has 142 valence electrons. The van der Waals surface area contributed by atoms with Gasteiger partial charge < -0.3 is 29.7 Å². The lowest BCUT2D eigenvalue weighted by atomic mass is 10.1. The van der Waals surface area contributed by atoms with Gasteiger partial charge in [0.05, 0.1) is 6.61 Å². The van der Waals surface area contributed by atoms with Gasteiger partial charge in [-0.05, 0) is 31.2 Å². The van der Waals surface area contributed by atoms with Crippen LogP contribution in [-0.4, -0.2) is 71.6 Å². The quantitative estimate of drug-likeness (QED) is 0.327. The summed E-state index contributed by atoms with van der Waals surface area (Å²) < 4.78 is 15.8. The summed E-state index contributed by atoms with van der Waals surface area (Å²) in [5.41, 5.74) is 1.21. The zero-order valence-electron chi connectivity index (χ0n) is 15.2. The molecule has 1 aromatic rings. The van der Waals surface area contributed by atoms with E-state index in [1.165, 1.54) is 5.56 Å². The van der Waals surface area contributed by atoms with Crippen LogP contribution in [0, 0.1) is 0 Å². The summed E-state index contributed by atoms with van der Waals surface area (Å²) in [5.74, 6) is 2.46. The first-order valence-corrected chi connectivity index (χ1v) is 8.23. The lowest BCUT2D eigenvalue weighted by Gasteiger charge is -2.17. The van der Waals surface area contributed by atoms with E-state index in [1.54, 1.807) is 14.2 Å². The fourth-order valence-corrected chi connectivity index (χ4v) is 2.37. The van der Waals surface area contributed by atoms with Crippen molar-refractivity contribution in [2.75, 3.05) is 60.8 Å². The molecule has 0 bridgehead atoms. The predicted octanol–water partition coefficient (Wildman–Crippen LogP) is 1.32. The molecule has 8 heteroatoms. The molecule has 0 saturated heterocycles. The molecule has 1 aliphatic rings. The third-order valence-corrected chi connectivity index (χ3v) is 3.83. The van der Waals surface area contributed by atoms with Crippen molar-refractivity contribution in [3.63, 3.8) is 0 Å². The van der Waals surface area contributed by atoms with Gasteiger partial charge in [0.15, 0.2) is 17.5 Å². The Morgan fingerprint density at radius 3 is 2.72 bits per heavy atom. The first kappa shape index (κ1) is 21.8.